The molecule has 0 atom stereocenters. The fraction of sp³-hybridized carbons (Fsp3) is 0. The van der Waals surface area contributed by atoms with E-state index in [1.165, 1.54) is 0 Å². The van der Waals surface area contributed by atoms with Crippen molar-refractivity contribution in [2.24, 2.45) is 0 Å². The maximum atomic E-state index is 11.3. The lowest BCUT2D eigenvalue weighted by molar-refractivity contribution is 0.477. The van der Waals surface area contributed by atoms with E-state index in [-0.39, 0.29) is 0 Å². The van der Waals surface area contributed by atoms with Crippen LogP contribution in [-0.4, -0.2) is 13.7 Å². The van der Waals surface area contributed by atoms with Gasteiger partial charge in [-0.3, -0.25) is 0 Å². The van der Waals surface area contributed by atoms with Crippen LogP contribution in [0, 0.1) is 11.3 Å². The van der Waals surface area contributed by atoms with Gasteiger partial charge in [0.15, 0.2) is 23.0 Å². The van der Waals surface area contributed by atoms with E-state index in [0.717, 1.165) is 140 Å². The molecule has 0 saturated carbocycles. The van der Waals surface area contributed by atoms with E-state index in [0.29, 0.717) is 5.56 Å². The molecule has 5 heterocycles. The predicted molar refractivity (Wildman–Crippen MR) is 304 cm³/mol. The number of rotatable bonds is 5. The van der Waals surface area contributed by atoms with Crippen LogP contribution in [0.4, 0.5) is 34.1 Å². The SMILES string of the molecule is N#Cc1cc(-n2c3ccccc3c3cc(N4c5ccccc5Oc5ccccc54)ccc32)c(-n2c3ccccc3c3ccccc32)c(-n2c3ccccc3c3cc(N4c5ccccc5Oc5ccccc54)ccc32)c1. The molecular weight excluding hydrogens is 921 g/mol. The third-order valence-electron chi connectivity index (χ3n) is 15.2. The van der Waals surface area contributed by atoms with Crippen molar-refractivity contribution in [2.45, 2.75) is 0 Å². The number of para-hydroxylation sites is 12. The Labute approximate surface area is 430 Å². The molecule has 0 N–H and O–H groups in total. The third kappa shape index (κ3) is 5.92. The van der Waals surface area contributed by atoms with Crippen molar-refractivity contribution < 1.29 is 9.47 Å². The lowest BCUT2D eigenvalue weighted by Gasteiger charge is -2.32. The van der Waals surface area contributed by atoms with Crippen molar-refractivity contribution >= 4 is 99.5 Å². The standard InChI is InChI=1S/C67H40N6O2/c68-41-42-37-61(71-51-21-5-3-19-47(51)49-39-43(33-35-55(49)71)69-57-25-9-13-29-63(57)74-64-30-14-10-26-58(64)69)67(73-53-23-7-1-17-45(53)46-18-2-8-24-54(46)73)62(38-42)72-52-22-6-4-20-48(52)50-40-44(34-36-56(50)72)70-59-27-11-15-31-65(59)75-66-32-16-12-28-60(66)70/h1-40H. The maximum Gasteiger partial charge on any atom is 0.151 e. The number of nitriles is 1. The number of aromatic nitrogens is 3. The molecule has 14 aromatic rings. The molecule has 0 radical (unpaired) electrons. The molecule has 0 spiro atoms. The Morgan fingerprint density at radius 1 is 0.280 bits per heavy atom. The highest BCUT2D eigenvalue weighted by Crippen LogP contribution is 2.53. The average molecular weight is 961 g/mol. The van der Waals surface area contributed by atoms with E-state index in [1.807, 2.05) is 48.5 Å². The second-order valence-electron chi connectivity index (χ2n) is 19.2. The number of nitrogens with zero attached hydrogens (tertiary/aromatic N) is 6. The van der Waals surface area contributed by atoms with Crippen LogP contribution in [0.5, 0.6) is 23.0 Å². The first-order valence-corrected chi connectivity index (χ1v) is 25.1. The van der Waals surface area contributed by atoms with Gasteiger partial charge in [-0.15, -0.1) is 0 Å². The number of anilines is 6. The minimum Gasteiger partial charge on any atom is -0.453 e. The highest BCUT2D eigenvalue weighted by atomic mass is 16.5. The molecular formula is C67H40N6O2. The number of ether oxygens (including phenoxy) is 2. The summed E-state index contributed by atoms with van der Waals surface area (Å²) in [5.74, 6) is 3.20. The van der Waals surface area contributed by atoms with Gasteiger partial charge >= 0.3 is 0 Å². The van der Waals surface area contributed by atoms with Gasteiger partial charge in [-0.1, -0.05) is 121 Å². The summed E-state index contributed by atoms with van der Waals surface area (Å²) >= 11 is 0. The van der Waals surface area contributed by atoms with Gasteiger partial charge in [0.05, 0.1) is 84.5 Å². The largest absolute Gasteiger partial charge is 0.453 e. The van der Waals surface area contributed by atoms with Crippen LogP contribution in [0.15, 0.2) is 243 Å². The van der Waals surface area contributed by atoms with E-state index in [1.54, 1.807) is 0 Å². The van der Waals surface area contributed by atoms with Gasteiger partial charge in [-0.25, -0.2) is 0 Å². The Balaban J connectivity index is 1.00. The van der Waals surface area contributed by atoms with E-state index >= 15 is 0 Å². The minimum absolute atomic E-state index is 0.540. The summed E-state index contributed by atoms with van der Waals surface area (Å²) in [6.45, 7) is 0. The number of benzene rings is 11. The average Bonchev–Trinajstić information content (AvgIpc) is 4.17. The van der Waals surface area contributed by atoms with Gasteiger partial charge in [0, 0.05) is 43.7 Å². The fourth-order valence-electron chi connectivity index (χ4n) is 12.1. The predicted octanol–water partition coefficient (Wildman–Crippen LogP) is 18.0. The molecule has 0 saturated heterocycles. The Morgan fingerprint density at radius 2 is 0.587 bits per heavy atom. The van der Waals surface area contributed by atoms with E-state index in [2.05, 4.69) is 224 Å². The molecule has 2 aliphatic heterocycles. The number of hydrogen-bond acceptors (Lipinski definition) is 5. The van der Waals surface area contributed by atoms with Gasteiger partial charge in [-0.05, 0) is 121 Å². The van der Waals surface area contributed by atoms with Gasteiger partial charge in [0.2, 0.25) is 0 Å². The summed E-state index contributed by atoms with van der Waals surface area (Å²) < 4.78 is 20.1. The molecule has 350 valence electrons. The van der Waals surface area contributed by atoms with Crippen LogP contribution < -0.4 is 19.3 Å². The zero-order valence-corrected chi connectivity index (χ0v) is 40.1. The van der Waals surface area contributed by atoms with Crippen molar-refractivity contribution in [3.8, 4) is 46.1 Å². The second kappa shape index (κ2) is 15.8. The molecule has 0 amide bonds. The van der Waals surface area contributed by atoms with Gasteiger partial charge in [0.1, 0.15) is 0 Å². The van der Waals surface area contributed by atoms with Crippen molar-refractivity contribution in [1.82, 2.24) is 13.7 Å². The summed E-state index contributed by atoms with van der Waals surface area (Å²) in [7, 11) is 0. The molecule has 2 aliphatic rings. The van der Waals surface area contributed by atoms with Gasteiger partial charge in [-0.2, -0.15) is 5.26 Å². The third-order valence-corrected chi connectivity index (χ3v) is 15.2. The number of hydrogen-bond donors (Lipinski definition) is 0. The lowest BCUT2D eigenvalue weighted by atomic mass is 10.1. The zero-order chi connectivity index (χ0) is 49.3. The highest BCUT2D eigenvalue weighted by molar-refractivity contribution is 6.15. The Bertz CT molecular complexity index is 4400. The van der Waals surface area contributed by atoms with Crippen LogP contribution in [0.2, 0.25) is 0 Å². The smallest absolute Gasteiger partial charge is 0.151 e. The molecule has 3 aromatic heterocycles. The first-order valence-electron chi connectivity index (χ1n) is 25.1. The summed E-state index contributed by atoms with van der Waals surface area (Å²) in [4.78, 5) is 4.59. The van der Waals surface area contributed by atoms with Crippen molar-refractivity contribution in [2.75, 3.05) is 9.80 Å². The maximum absolute atomic E-state index is 11.3. The molecule has 0 fully saturated rings. The fourth-order valence-corrected chi connectivity index (χ4v) is 12.1. The topological polar surface area (TPSA) is 63.5 Å². The highest BCUT2D eigenvalue weighted by Gasteiger charge is 2.30. The Kier molecular flexibility index (Phi) is 8.65. The van der Waals surface area contributed by atoms with Gasteiger partial charge in [0.25, 0.3) is 0 Å². The zero-order valence-electron chi connectivity index (χ0n) is 40.1. The van der Waals surface area contributed by atoms with E-state index < -0.39 is 0 Å². The Morgan fingerprint density at radius 3 is 0.960 bits per heavy atom. The lowest BCUT2D eigenvalue weighted by Crippen LogP contribution is -2.15. The van der Waals surface area contributed by atoms with Crippen molar-refractivity contribution in [1.29, 1.82) is 5.26 Å². The van der Waals surface area contributed by atoms with Crippen molar-refractivity contribution in [3.63, 3.8) is 0 Å². The molecule has 8 heteroatoms. The van der Waals surface area contributed by atoms with Crippen LogP contribution >= 0.6 is 0 Å². The summed E-state index contributed by atoms with van der Waals surface area (Å²) in [5.41, 5.74) is 15.3. The molecule has 0 bridgehead atoms. The Hall–Kier alpha value is -10.5. The van der Waals surface area contributed by atoms with Crippen LogP contribution in [0.3, 0.4) is 0 Å². The molecule has 16 rings (SSSR count). The molecule has 0 aliphatic carbocycles. The minimum atomic E-state index is 0.540. The van der Waals surface area contributed by atoms with Gasteiger partial charge < -0.3 is 33.0 Å². The van der Waals surface area contributed by atoms with E-state index in [9.17, 15) is 5.26 Å². The first-order chi connectivity index (χ1) is 37.2. The second-order valence-corrected chi connectivity index (χ2v) is 19.2. The quantitative estimate of drug-likeness (QED) is 0.172. The molecule has 75 heavy (non-hydrogen) atoms. The van der Waals surface area contributed by atoms with Crippen molar-refractivity contribution in [3.05, 3.63) is 248 Å². The molecule has 8 nitrogen and oxygen atoms in total. The summed E-state index contributed by atoms with van der Waals surface area (Å²) in [5, 5.41) is 17.9. The summed E-state index contributed by atoms with van der Waals surface area (Å²) in [6, 6.07) is 87.7. The normalized spacial score (nSPS) is 12.7. The van der Waals surface area contributed by atoms with Crippen LogP contribution in [-0.2, 0) is 0 Å². The molecule has 11 aromatic carbocycles. The molecule has 0 unspecified atom stereocenters. The monoisotopic (exact) mass is 960 g/mol. The summed E-state index contributed by atoms with van der Waals surface area (Å²) in [6.07, 6.45) is 0. The number of fused-ring (bicyclic) bond motifs is 13. The van der Waals surface area contributed by atoms with Crippen LogP contribution in [0.25, 0.3) is 82.5 Å². The first kappa shape index (κ1) is 41.2. The van der Waals surface area contributed by atoms with Crippen LogP contribution in [0.1, 0.15) is 5.56 Å². The van der Waals surface area contributed by atoms with E-state index in [4.69, 9.17) is 9.47 Å².